The summed E-state index contributed by atoms with van der Waals surface area (Å²) in [4.78, 5) is 0. The van der Waals surface area contributed by atoms with Gasteiger partial charge in [0, 0.05) is 5.75 Å². The standard InChI is InChI=1S/C18H18F3N3O2S/c1-25-16-9-14(7-8-15(16)26-12-18(19,20)21)10-23-24-17(22)27-11-13-5-3-2-4-6-13/h2-10H,11-12H2,1H3,(H2,22,24). The number of rotatable bonds is 7. The van der Waals surface area contributed by atoms with Gasteiger partial charge in [0.2, 0.25) is 0 Å². The SMILES string of the molecule is COc1cc(C=NN=C(N)SCc2ccccc2)ccc1OCC(F)(F)F. The number of nitrogens with zero attached hydrogens (tertiary/aromatic N) is 2. The summed E-state index contributed by atoms with van der Waals surface area (Å²) in [6.07, 6.45) is -3.00. The van der Waals surface area contributed by atoms with Crippen molar-refractivity contribution in [3.05, 3.63) is 59.7 Å². The van der Waals surface area contributed by atoms with E-state index >= 15 is 0 Å². The van der Waals surface area contributed by atoms with Gasteiger partial charge in [0.05, 0.1) is 13.3 Å². The van der Waals surface area contributed by atoms with E-state index in [0.29, 0.717) is 16.5 Å². The van der Waals surface area contributed by atoms with E-state index in [1.807, 2.05) is 30.3 Å². The van der Waals surface area contributed by atoms with Gasteiger partial charge in [0.1, 0.15) is 0 Å². The van der Waals surface area contributed by atoms with Gasteiger partial charge < -0.3 is 15.2 Å². The third kappa shape index (κ3) is 7.61. The Bertz CT molecular complexity index is 796. The Balaban J connectivity index is 1.95. The second-order valence-corrected chi connectivity index (χ2v) is 6.27. The number of hydrogen-bond acceptors (Lipinski definition) is 5. The molecule has 2 aromatic carbocycles. The molecule has 0 saturated carbocycles. The third-order valence-electron chi connectivity index (χ3n) is 3.17. The van der Waals surface area contributed by atoms with Crippen LogP contribution < -0.4 is 15.2 Å². The lowest BCUT2D eigenvalue weighted by molar-refractivity contribution is -0.153. The maximum Gasteiger partial charge on any atom is 0.422 e. The minimum Gasteiger partial charge on any atom is -0.493 e. The number of ether oxygens (including phenoxy) is 2. The zero-order valence-electron chi connectivity index (χ0n) is 14.4. The Labute approximate surface area is 159 Å². The van der Waals surface area contributed by atoms with Crippen LogP contribution in [-0.2, 0) is 5.75 Å². The summed E-state index contributed by atoms with van der Waals surface area (Å²) in [5, 5.41) is 8.07. The van der Waals surface area contributed by atoms with Crippen molar-refractivity contribution < 1.29 is 22.6 Å². The number of nitrogens with two attached hydrogens (primary N) is 1. The van der Waals surface area contributed by atoms with Crippen molar-refractivity contribution in [3.63, 3.8) is 0 Å². The number of hydrogen-bond donors (Lipinski definition) is 1. The van der Waals surface area contributed by atoms with Crippen molar-refractivity contribution >= 4 is 23.1 Å². The summed E-state index contributed by atoms with van der Waals surface area (Å²) in [6.45, 7) is -1.39. The molecular formula is C18H18F3N3O2S. The summed E-state index contributed by atoms with van der Waals surface area (Å²) < 4.78 is 46.5. The molecule has 0 saturated heterocycles. The van der Waals surface area contributed by atoms with E-state index in [1.165, 1.54) is 37.2 Å². The van der Waals surface area contributed by atoms with Gasteiger partial charge in [0.25, 0.3) is 0 Å². The average Bonchev–Trinajstić information content (AvgIpc) is 2.65. The fraction of sp³-hybridized carbons (Fsp3) is 0.222. The first-order chi connectivity index (χ1) is 12.9. The van der Waals surface area contributed by atoms with E-state index in [4.69, 9.17) is 15.2 Å². The Kier molecular flexibility index (Phi) is 7.54. The third-order valence-corrected chi connectivity index (χ3v) is 4.03. The summed E-state index contributed by atoms with van der Waals surface area (Å²) >= 11 is 1.35. The number of methoxy groups -OCH3 is 1. The van der Waals surface area contributed by atoms with Crippen LogP contribution in [0.2, 0.25) is 0 Å². The highest BCUT2D eigenvalue weighted by Crippen LogP contribution is 2.29. The summed E-state index contributed by atoms with van der Waals surface area (Å²) in [6, 6.07) is 14.2. The lowest BCUT2D eigenvalue weighted by Crippen LogP contribution is -2.19. The van der Waals surface area contributed by atoms with Crippen molar-refractivity contribution in [3.8, 4) is 11.5 Å². The molecule has 27 heavy (non-hydrogen) atoms. The fourth-order valence-corrected chi connectivity index (χ4v) is 2.57. The van der Waals surface area contributed by atoms with Crippen LogP contribution in [0.4, 0.5) is 13.2 Å². The zero-order chi connectivity index (χ0) is 19.7. The van der Waals surface area contributed by atoms with Gasteiger partial charge in [-0.25, -0.2) is 0 Å². The van der Waals surface area contributed by atoms with Crippen LogP contribution in [0.25, 0.3) is 0 Å². The molecule has 0 amide bonds. The normalized spacial score (nSPS) is 12.4. The second-order valence-electron chi connectivity index (χ2n) is 5.27. The molecule has 0 bridgehead atoms. The van der Waals surface area contributed by atoms with Crippen molar-refractivity contribution in [1.82, 2.24) is 0 Å². The second kappa shape index (κ2) is 9.86. The van der Waals surface area contributed by atoms with E-state index in [2.05, 4.69) is 10.2 Å². The minimum atomic E-state index is -4.42. The van der Waals surface area contributed by atoms with Crippen molar-refractivity contribution in [2.75, 3.05) is 13.7 Å². The Morgan fingerprint density at radius 2 is 1.89 bits per heavy atom. The van der Waals surface area contributed by atoms with Crippen LogP contribution in [0, 0.1) is 0 Å². The quantitative estimate of drug-likeness (QED) is 0.432. The number of alkyl halides is 3. The molecule has 0 aliphatic carbocycles. The summed E-state index contributed by atoms with van der Waals surface area (Å²) in [5.41, 5.74) is 7.49. The highest BCUT2D eigenvalue weighted by Gasteiger charge is 2.28. The first-order valence-electron chi connectivity index (χ1n) is 7.78. The summed E-state index contributed by atoms with van der Waals surface area (Å²) in [7, 11) is 1.34. The van der Waals surface area contributed by atoms with Crippen LogP contribution in [-0.4, -0.2) is 31.3 Å². The first kappa shape index (κ1) is 20.6. The van der Waals surface area contributed by atoms with Crippen LogP contribution in [0.1, 0.15) is 11.1 Å². The number of amidine groups is 1. The molecule has 0 fully saturated rings. The lowest BCUT2D eigenvalue weighted by Gasteiger charge is -2.12. The molecule has 5 nitrogen and oxygen atoms in total. The molecule has 0 heterocycles. The Hall–Kier alpha value is -2.68. The predicted molar refractivity (Wildman–Crippen MR) is 101 cm³/mol. The molecule has 0 radical (unpaired) electrons. The van der Waals surface area contributed by atoms with Crippen molar-refractivity contribution in [2.24, 2.45) is 15.9 Å². The predicted octanol–water partition coefficient (Wildman–Crippen LogP) is 4.22. The van der Waals surface area contributed by atoms with Crippen LogP contribution >= 0.6 is 11.8 Å². The first-order valence-corrected chi connectivity index (χ1v) is 8.77. The highest BCUT2D eigenvalue weighted by molar-refractivity contribution is 8.13. The topological polar surface area (TPSA) is 69.2 Å². The molecule has 0 aromatic heterocycles. The molecule has 0 unspecified atom stereocenters. The number of benzene rings is 2. The molecular weight excluding hydrogens is 379 g/mol. The monoisotopic (exact) mass is 397 g/mol. The van der Waals surface area contributed by atoms with E-state index in [9.17, 15) is 13.2 Å². The maximum absolute atomic E-state index is 12.3. The average molecular weight is 397 g/mol. The van der Waals surface area contributed by atoms with Gasteiger partial charge >= 0.3 is 6.18 Å². The van der Waals surface area contributed by atoms with Gasteiger partial charge in [-0.2, -0.15) is 18.3 Å². The molecule has 9 heteroatoms. The van der Waals surface area contributed by atoms with Crippen molar-refractivity contribution in [2.45, 2.75) is 11.9 Å². The molecule has 0 spiro atoms. The van der Waals surface area contributed by atoms with E-state index in [1.54, 1.807) is 6.07 Å². The van der Waals surface area contributed by atoms with Gasteiger partial charge in [-0.3, -0.25) is 0 Å². The molecule has 144 valence electrons. The molecule has 0 aliphatic heterocycles. The maximum atomic E-state index is 12.3. The number of halogens is 3. The molecule has 0 atom stereocenters. The smallest absolute Gasteiger partial charge is 0.422 e. The van der Waals surface area contributed by atoms with Gasteiger partial charge in [-0.05, 0) is 29.3 Å². The van der Waals surface area contributed by atoms with Gasteiger partial charge in [-0.15, -0.1) is 5.10 Å². The fourth-order valence-electron chi connectivity index (χ4n) is 1.96. The summed E-state index contributed by atoms with van der Waals surface area (Å²) in [5.74, 6) is 0.831. The van der Waals surface area contributed by atoms with Crippen LogP contribution in [0.5, 0.6) is 11.5 Å². The molecule has 2 rings (SSSR count). The highest BCUT2D eigenvalue weighted by atomic mass is 32.2. The largest absolute Gasteiger partial charge is 0.493 e. The molecule has 0 aliphatic rings. The van der Waals surface area contributed by atoms with Gasteiger partial charge in [0.15, 0.2) is 23.3 Å². The zero-order valence-corrected chi connectivity index (χ0v) is 15.3. The van der Waals surface area contributed by atoms with Crippen molar-refractivity contribution in [1.29, 1.82) is 0 Å². The van der Waals surface area contributed by atoms with E-state index in [-0.39, 0.29) is 11.5 Å². The molecule has 2 N–H and O–H groups in total. The van der Waals surface area contributed by atoms with Gasteiger partial charge in [-0.1, -0.05) is 42.1 Å². The minimum absolute atomic E-state index is 0.00610. The van der Waals surface area contributed by atoms with Crippen LogP contribution in [0.3, 0.4) is 0 Å². The molecule has 2 aromatic rings. The van der Waals surface area contributed by atoms with Crippen LogP contribution in [0.15, 0.2) is 58.7 Å². The number of thioether (sulfide) groups is 1. The Morgan fingerprint density at radius 1 is 1.15 bits per heavy atom. The lowest BCUT2D eigenvalue weighted by atomic mass is 10.2. The Morgan fingerprint density at radius 3 is 2.56 bits per heavy atom. The van der Waals surface area contributed by atoms with E-state index < -0.39 is 12.8 Å². The van der Waals surface area contributed by atoms with E-state index in [0.717, 1.165) is 5.56 Å².